The number of likely N-dealkylation sites (N-methyl/N-ethyl adjacent to an activating group) is 1. The monoisotopic (exact) mass is 480 g/mol. The van der Waals surface area contributed by atoms with Crippen molar-refractivity contribution in [3.63, 3.8) is 0 Å². The number of alkyl carbamates (subject to hydrolysis) is 1. The molecule has 4 rings (SSSR count). The summed E-state index contributed by atoms with van der Waals surface area (Å²) in [6.45, 7) is 1.46. The van der Waals surface area contributed by atoms with Crippen molar-refractivity contribution in [2.45, 2.75) is 37.7 Å². The standard InChI is InChI=1S/C27H32N2O6/c1-29(14-7-6-12-24(30)31)26(32)25-18(13-15-34-25)16-28-27(33)35-17-23-21-10-4-2-8-19(21)20-9-3-5-11-22(20)23/h2-5,8-11,18,23,25H,6-7,12-17H2,1H3,(H,28,33)(H,30,31)/t18-,25-/m1/s1. The van der Waals surface area contributed by atoms with Crippen LogP contribution in [0.5, 0.6) is 0 Å². The molecule has 0 bridgehead atoms. The van der Waals surface area contributed by atoms with E-state index in [2.05, 4.69) is 29.6 Å². The molecule has 0 unspecified atom stereocenters. The van der Waals surface area contributed by atoms with Crippen LogP contribution in [-0.4, -0.2) is 67.4 Å². The normalized spacial score (nSPS) is 18.5. The zero-order chi connectivity index (χ0) is 24.8. The Kier molecular flexibility index (Phi) is 8.02. The Morgan fingerprint density at radius 3 is 2.37 bits per heavy atom. The van der Waals surface area contributed by atoms with Gasteiger partial charge in [-0.05, 0) is 41.5 Å². The van der Waals surface area contributed by atoms with Crippen LogP contribution in [0.25, 0.3) is 11.1 Å². The minimum Gasteiger partial charge on any atom is -0.481 e. The fraction of sp³-hybridized carbons (Fsp3) is 0.444. The van der Waals surface area contributed by atoms with Crippen LogP contribution in [0.15, 0.2) is 48.5 Å². The molecule has 1 aliphatic carbocycles. The second kappa shape index (κ2) is 11.4. The van der Waals surface area contributed by atoms with Gasteiger partial charge in [-0.15, -0.1) is 0 Å². The molecule has 1 aliphatic heterocycles. The van der Waals surface area contributed by atoms with E-state index in [0.717, 1.165) is 11.1 Å². The molecular weight excluding hydrogens is 448 g/mol. The SMILES string of the molecule is CN(CCCCC(=O)O)C(=O)[C@@H]1OCC[C@@H]1CNC(=O)OCC1c2ccccc2-c2ccccc21. The molecule has 2 aromatic rings. The van der Waals surface area contributed by atoms with Gasteiger partial charge >= 0.3 is 12.1 Å². The second-order valence-corrected chi connectivity index (χ2v) is 9.16. The summed E-state index contributed by atoms with van der Waals surface area (Å²) in [5, 5.41) is 11.5. The van der Waals surface area contributed by atoms with Crippen LogP contribution in [0.1, 0.15) is 42.7 Å². The number of amides is 2. The number of rotatable bonds is 10. The maximum Gasteiger partial charge on any atom is 0.407 e. The van der Waals surface area contributed by atoms with Gasteiger partial charge in [-0.3, -0.25) is 9.59 Å². The third kappa shape index (κ3) is 5.82. The van der Waals surface area contributed by atoms with Crippen LogP contribution < -0.4 is 5.32 Å². The van der Waals surface area contributed by atoms with Crippen molar-refractivity contribution in [1.82, 2.24) is 10.2 Å². The molecule has 1 heterocycles. The van der Waals surface area contributed by atoms with E-state index in [1.165, 1.54) is 11.1 Å². The van der Waals surface area contributed by atoms with E-state index < -0.39 is 18.2 Å². The van der Waals surface area contributed by atoms with Gasteiger partial charge in [0.05, 0.1) is 0 Å². The van der Waals surface area contributed by atoms with Crippen molar-refractivity contribution in [3.05, 3.63) is 59.7 Å². The molecule has 2 N–H and O–H groups in total. The van der Waals surface area contributed by atoms with E-state index in [4.69, 9.17) is 14.6 Å². The van der Waals surface area contributed by atoms with Crippen molar-refractivity contribution in [1.29, 1.82) is 0 Å². The molecule has 8 heteroatoms. The van der Waals surface area contributed by atoms with Crippen LogP contribution in [0.4, 0.5) is 4.79 Å². The first-order valence-corrected chi connectivity index (χ1v) is 12.1. The zero-order valence-corrected chi connectivity index (χ0v) is 19.9. The number of benzene rings is 2. The van der Waals surface area contributed by atoms with Crippen LogP contribution in [0, 0.1) is 5.92 Å². The number of carboxylic acids is 1. The highest BCUT2D eigenvalue weighted by molar-refractivity contribution is 5.81. The van der Waals surface area contributed by atoms with Crippen molar-refractivity contribution in [3.8, 4) is 11.1 Å². The number of nitrogens with zero attached hydrogens (tertiary/aromatic N) is 1. The summed E-state index contributed by atoms with van der Waals surface area (Å²) < 4.78 is 11.3. The summed E-state index contributed by atoms with van der Waals surface area (Å²) in [5.41, 5.74) is 4.66. The Morgan fingerprint density at radius 2 is 1.71 bits per heavy atom. The van der Waals surface area contributed by atoms with Gasteiger partial charge in [0.25, 0.3) is 5.91 Å². The molecule has 0 radical (unpaired) electrons. The molecule has 2 amide bonds. The molecular formula is C27H32N2O6. The number of carbonyl (C=O) groups excluding carboxylic acids is 2. The van der Waals surface area contributed by atoms with Gasteiger partial charge in [-0.1, -0.05) is 48.5 Å². The first-order valence-electron chi connectivity index (χ1n) is 12.1. The highest BCUT2D eigenvalue weighted by Gasteiger charge is 2.36. The lowest BCUT2D eigenvalue weighted by Gasteiger charge is -2.24. The molecule has 2 aliphatic rings. The van der Waals surface area contributed by atoms with Crippen molar-refractivity contribution < 1.29 is 29.0 Å². The Bertz CT molecular complexity index is 1030. The Hall–Kier alpha value is -3.39. The Morgan fingerprint density at radius 1 is 1.06 bits per heavy atom. The molecule has 1 saturated heterocycles. The molecule has 0 aromatic heterocycles. The third-order valence-corrected chi connectivity index (χ3v) is 6.82. The molecule has 0 saturated carbocycles. The molecule has 2 atom stereocenters. The number of carboxylic acid groups (broad SMARTS) is 1. The van der Waals surface area contributed by atoms with E-state index in [1.807, 2.05) is 24.3 Å². The Balaban J connectivity index is 1.26. The van der Waals surface area contributed by atoms with Crippen molar-refractivity contribution in [2.24, 2.45) is 5.92 Å². The topological polar surface area (TPSA) is 105 Å². The smallest absolute Gasteiger partial charge is 0.407 e. The summed E-state index contributed by atoms with van der Waals surface area (Å²) >= 11 is 0. The average molecular weight is 481 g/mol. The largest absolute Gasteiger partial charge is 0.481 e. The van der Waals surface area contributed by atoms with E-state index >= 15 is 0 Å². The van der Waals surface area contributed by atoms with Crippen molar-refractivity contribution in [2.75, 3.05) is 33.4 Å². The predicted molar refractivity (Wildman–Crippen MR) is 130 cm³/mol. The second-order valence-electron chi connectivity index (χ2n) is 9.16. The summed E-state index contributed by atoms with van der Waals surface area (Å²) in [6.07, 6.45) is 0.775. The summed E-state index contributed by atoms with van der Waals surface area (Å²) in [5.74, 6) is -1.12. The van der Waals surface area contributed by atoms with E-state index in [-0.39, 0.29) is 30.8 Å². The van der Waals surface area contributed by atoms with Crippen molar-refractivity contribution >= 4 is 18.0 Å². The summed E-state index contributed by atoms with van der Waals surface area (Å²) in [6, 6.07) is 16.4. The maximum atomic E-state index is 12.8. The van der Waals surface area contributed by atoms with E-state index in [9.17, 15) is 14.4 Å². The van der Waals surface area contributed by atoms with E-state index in [1.54, 1.807) is 11.9 Å². The maximum absolute atomic E-state index is 12.8. The highest BCUT2D eigenvalue weighted by atomic mass is 16.5. The lowest BCUT2D eigenvalue weighted by molar-refractivity contribution is -0.141. The van der Waals surface area contributed by atoms with Crippen LogP contribution in [0.3, 0.4) is 0 Å². The lowest BCUT2D eigenvalue weighted by atomic mass is 9.98. The number of aliphatic carboxylic acids is 1. The fourth-order valence-corrected chi connectivity index (χ4v) is 4.93. The van der Waals surface area contributed by atoms with Crippen LogP contribution >= 0.6 is 0 Å². The van der Waals surface area contributed by atoms with Gasteiger partial charge in [0.15, 0.2) is 0 Å². The van der Waals surface area contributed by atoms with Crippen LogP contribution in [0.2, 0.25) is 0 Å². The number of ether oxygens (including phenoxy) is 2. The number of carbonyl (C=O) groups is 3. The summed E-state index contributed by atoms with van der Waals surface area (Å²) in [4.78, 5) is 37.5. The molecule has 2 aromatic carbocycles. The van der Waals surface area contributed by atoms with Gasteiger partial charge in [0.2, 0.25) is 0 Å². The minimum absolute atomic E-state index is 0.00735. The molecule has 35 heavy (non-hydrogen) atoms. The zero-order valence-electron chi connectivity index (χ0n) is 19.9. The fourth-order valence-electron chi connectivity index (χ4n) is 4.93. The quantitative estimate of drug-likeness (QED) is 0.503. The first-order chi connectivity index (χ1) is 17.0. The van der Waals surface area contributed by atoms with Gasteiger partial charge in [0.1, 0.15) is 12.7 Å². The predicted octanol–water partition coefficient (Wildman–Crippen LogP) is 3.64. The Labute approximate surface area is 205 Å². The average Bonchev–Trinajstić information content (AvgIpc) is 3.46. The number of hydrogen-bond donors (Lipinski definition) is 2. The molecule has 8 nitrogen and oxygen atoms in total. The number of hydrogen-bond acceptors (Lipinski definition) is 5. The van der Waals surface area contributed by atoms with Gasteiger partial charge in [-0.2, -0.15) is 0 Å². The minimum atomic E-state index is -0.836. The molecule has 0 spiro atoms. The lowest BCUT2D eigenvalue weighted by Crippen LogP contribution is -2.43. The van der Waals surface area contributed by atoms with Gasteiger partial charge in [0, 0.05) is 45.0 Å². The number of unbranched alkanes of at least 4 members (excludes halogenated alkanes) is 1. The van der Waals surface area contributed by atoms with Crippen LogP contribution in [-0.2, 0) is 19.1 Å². The third-order valence-electron chi connectivity index (χ3n) is 6.82. The first kappa shape index (κ1) is 24.7. The number of nitrogens with one attached hydrogen (secondary N) is 1. The highest BCUT2D eigenvalue weighted by Crippen LogP contribution is 2.44. The number of fused-ring (bicyclic) bond motifs is 3. The summed E-state index contributed by atoms with van der Waals surface area (Å²) in [7, 11) is 1.70. The van der Waals surface area contributed by atoms with E-state index in [0.29, 0.717) is 39.0 Å². The van der Waals surface area contributed by atoms with Gasteiger partial charge < -0.3 is 24.8 Å². The van der Waals surface area contributed by atoms with Gasteiger partial charge in [-0.25, -0.2) is 4.79 Å². The molecule has 1 fully saturated rings. The molecule has 186 valence electrons.